The van der Waals surface area contributed by atoms with Gasteiger partial charge in [0.25, 0.3) is 0 Å². The fourth-order valence-corrected chi connectivity index (χ4v) is 4.54. The molecule has 2 N–H and O–H groups in total. The molecule has 2 aromatic heterocycles. The van der Waals surface area contributed by atoms with Gasteiger partial charge in [0, 0.05) is 29.2 Å². The molecule has 0 aliphatic rings. The summed E-state index contributed by atoms with van der Waals surface area (Å²) < 4.78 is 28.7. The minimum atomic E-state index is -1.65. The molecule has 0 aliphatic carbocycles. The van der Waals surface area contributed by atoms with Crippen LogP contribution in [0.15, 0.2) is 65.8 Å². The first-order valence-corrected chi connectivity index (χ1v) is 10.1. The van der Waals surface area contributed by atoms with Crippen LogP contribution in [-0.4, -0.2) is 29.2 Å². The lowest BCUT2D eigenvalue weighted by atomic mass is 10.1. The third kappa shape index (κ3) is 3.79. The van der Waals surface area contributed by atoms with Gasteiger partial charge in [0.1, 0.15) is 5.82 Å². The Morgan fingerprint density at radius 1 is 1.17 bits per heavy atom. The van der Waals surface area contributed by atoms with E-state index in [0.717, 1.165) is 5.69 Å². The van der Waals surface area contributed by atoms with Crippen molar-refractivity contribution >= 4 is 39.5 Å². The number of carbonyl (C=O) groups is 1. The number of halogens is 1. The number of carboxylic acids is 1. The van der Waals surface area contributed by atoms with E-state index in [-0.39, 0.29) is 6.42 Å². The van der Waals surface area contributed by atoms with Crippen LogP contribution >= 0.6 is 0 Å². The average molecular weight is 424 g/mol. The van der Waals surface area contributed by atoms with E-state index in [1.165, 1.54) is 22.2 Å². The molecule has 4 aromatic rings. The van der Waals surface area contributed by atoms with Crippen LogP contribution in [0.25, 0.3) is 10.9 Å². The molecule has 1 unspecified atom stereocenters. The summed E-state index contributed by atoms with van der Waals surface area (Å²) in [5.41, 5.74) is 2.22. The van der Waals surface area contributed by atoms with E-state index in [1.807, 2.05) is 0 Å². The van der Waals surface area contributed by atoms with Gasteiger partial charge in [0.15, 0.2) is 11.0 Å². The summed E-state index contributed by atoms with van der Waals surface area (Å²) in [6.07, 6.45) is 2.96. The monoisotopic (exact) mass is 424 g/mol. The summed E-state index contributed by atoms with van der Waals surface area (Å²) in [7, 11) is -1.65. The van der Waals surface area contributed by atoms with E-state index in [9.17, 15) is 18.5 Å². The van der Waals surface area contributed by atoms with E-state index in [2.05, 4.69) is 15.3 Å². The zero-order chi connectivity index (χ0) is 21.3. The van der Waals surface area contributed by atoms with Crippen LogP contribution in [0.4, 0.5) is 16.0 Å². The quantitative estimate of drug-likeness (QED) is 0.488. The number of fused-ring (bicyclic) bond motifs is 1. The van der Waals surface area contributed by atoms with E-state index >= 15 is 0 Å². The van der Waals surface area contributed by atoms with Gasteiger partial charge < -0.3 is 10.4 Å². The molecule has 0 saturated carbocycles. The van der Waals surface area contributed by atoms with Gasteiger partial charge in [-0.05, 0) is 61.0 Å². The molecule has 7 nitrogen and oxygen atoms in total. The first-order valence-electron chi connectivity index (χ1n) is 9.01. The Labute approximate surface area is 173 Å². The fourth-order valence-electron chi connectivity index (χ4n) is 3.27. The Bertz CT molecular complexity index is 1260. The highest BCUT2D eigenvalue weighted by atomic mass is 32.2. The van der Waals surface area contributed by atoms with Gasteiger partial charge in [-0.15, -0.1) is 0 Å². The lowest BCUT2D eigenvalue weighted by Gasteiger charge is -2.10. The summed E-state index contributed by atoms with van der Waals surface area (Å²) in [6, 6.07) is 12.7. The van der Waals surface area contributed by atoms with Crippen LogP contribution in [0, 0.1) is 12.7 Å². The van der Waals surface area contributed by atoms with Crippen molar-refractivity contribution in [1.82, 2.24) is 13.9 Å². The van der Waals surface area contributed by atoms with Gasteiger partial charge >= 0.3 is 5.97 Å². The van der Waals surface area contributed by atoms with Crippen LogP contribution < -0.4 is 5.32 Å². The number of nitrogens with zero attached hydrogens (tertiary/aromatic N) is 3. The summed E-state index contributed by atoms with van der Waals surface area (Å²) in [4.78, 5) is 20.0. The van der Waals surface area contributed by atoms with Crippen molar-refractivity contribution in [2.45, 2.75) is 18.2 Å². The maximum atomic E-state index is 13.8. The minimum Gasteiger partial charge on any atom is -0.481 e. The van der Waals surface area contributed by atoms with E-state index in [0.29, 0.717) is 33.0 Å². The van der Waals surface area contributed by atoms with Gasteiger partial charge in [0.2, 0.25) is 5.95 Å². The van der Waals surface area contributed by atoms with Gasteiger partial charge in [0.05, 0.1) is 16.8 Å². The molecule has 0 aliphatic heterocycles. The number of benzene rings is 2. The number of hydrogen-bond acceptors (Lipinski definition) is 5. The fraction of sp³-hybridized carbons (Fsp3) is 0.0952. The molecule has 2 heterocycles. The average Bonchev–Trinajstić information content (AvgIpc) is 2.99. The number of anilines is 2. The molecule has 2 aromatic carbocycles. The Hall–Kier alpha value is -3.59. The van der Waals surface area contributed by atoms with Crippen molar-refractivity contribution in [1.29, 1.82) is 0 Å². The van der Waals surface area contributed by atoms with E-state index < -0.39 is 22.8 Å². The summed E-state index contributed by atoms with van der Waals surface area (Å²) in [5.74, 6) is -1.07. The molecule has 9 heteroatoms. The van der Waals surface area contributed by atoms with Gasteiger partial charge in [-0.2, -0.15) is 0 Å². The van der Waals surface area contributed by atoms with E-state index in [1.54, 1.807) is 49.6 Å². The van der Waals surface area contributed by atoms with Gasteiger partial charge in [-0.3, -0.25) is 8.77 Å². The van der Waals surface area contributed by atoms with Crippen molar-refractivity contribution in [3.8, 4) is 0 Å². The van der Waals surface area contributed by atoms with Crippen molar-refractivity contribution < 1.29 is 18.5 Å². The number of rotatable bonds is 6. The Kier molecular flexibility index (Phi) is 5.28. The topological polar surface area (TPSA) is 97.1 Å². The number of carboxylic acid groups (broad SMARTS) is 1. The predicted molar refractivity (Wildman–Crippen MR) is 112 cm³/mol. The van der Waals surface area contributed by atoms with E-state index in [4.69, 9.17) is 0 Å². The Morgan fingerprint density at radius 3 is 2.53 bits per heavy atom. The van der Waals surface area contributed by atoms with Crippen LogP contribution in [0.1, 0.15) is 11.3 Å². The second-order valence-electron chi connectivity index (χ2n) is 6.56. The molecule has 1 atom stereocenters. The molecule has 0 radical (unpaired) electrons. The molecular weight excluding hydrogens is 407 g/mol. The summed E-state index contributed by atoms with van der Waals surface area (Å²) in [5, 5.41) is 12.7. The third-order valence-electron chi connectivity index (χ3n) is 4.62. The second kappa shape index (κ2) is 8.03. The van der Waals surface area contributed by atoms with Gasteiger partial charge in [-0.1, -0.05) is 0 Å². The first kappa shape index (κ1) is 19.7. The van der Waals surface area contributed by atoms with Gasteiger partial charge in [-0.25, -0.2) is 18.6 Å². The zero-order valence-electron chi connectivity index (χ0n) is 15.9. The molecule has 152 valence electrons. The lowest BCUT2D eigenvalue weighted by Crippen LogP contribution is -2.08. The highest BCUT2D eigenvalue weighted by Crippen LogP contribution is 2.30. The largest absolute Gasteiger partial charge is 0.481 e. The van der Waals surface area contributed by atoms with Crippen molar-refractivity contribution in [3.63, 3.8) is 0 Å². The molecule has 0 saturated heterocycles. The first-order chi connectivity index (χ1) is 14.4. The van der Waals surface area contributed by atoms with Crippen molar-refractivity contribution in [2.24, 2.45) is 0 Å². The molecular formula is C21H17FN4O3S. The standard InChI is InChI=1S/C21H17FN4O3S/c1-13-17(12-20(27)28)18-11-14(22)3-8-19(18)26(13)30(29)16-6-4-15(5-7-16)25-21-23-9-2-10-24-21/h2-11H,12H2,1H3,(H,27,28)(H,23,24,25). The second-order valence-corrected chi connectivity index (χ2v) is 7.90. The van der Waals surface area contributed by atoms with Crippen molar-refractivity contribution in [2.75, 3.05) is 5.32 Å². The Morgan fingerprint density at radius 2 is 1.87 bits per heavy atom. The third-order valence-corrected chi connectivity index (χ3v) is 6.09. The predicted octanol–water partition coefficient (Wildman–Crippen LogP) is 3.82. The number of aliphatic carboxylic acids is 1. The smallest absolute Gasteiger partial charge is 0.307 e. The van der Waals surface area contributed by atoms with Crippen LogP contribution in [0.5, 0.6) is 0 Å². The van der Waals surface area contributed by atoms with Crippen LogP contribution in [-0.2, 0) is 22.2 Å². The highest BCUT2D eigenvalue weighted by molar-refractivity contribution is 7.83. The highest BCUT2D eigenvalue weighted by Gasteiger charge is 2.21. The molecule has 0 fully saturated rings. The molecule has 30 heavy (non-hydrogen) atoms. The summed E-state index contributed by atoms with van der Waals surface area (Å²) in [6.45, 7) is 1.69. The maximum Gasteiger partial charge on any atom is 0.307 e. The zero-order valence-corrected chi connectivity index (χ0v) is 16.7. The molecule has 0 bridgehead atoms. The molecule has 4 rings (SSSR count). The number of nitrogens with one attached hydrogen (secondary N) is 1. The maximum absolute atomic E-state index is 13.8. The van der Waals surface area contributed by atoms with Crippen LogP contribution in [0.2, 0.25) is 0 Å². The molecule has 0 spiro atoms. The minimum absolute atomic E-state index is 0.282. The summed E-state index contributed by atoms with van der Waals surface area (Å²) >= 11 is 0. The lowest BCUT2D eigenvalue weighted by molar-refractivity contribution is -0.136. The van der Waals surface area contributed by atoms with Crippen LogP contribution in [0.3, 0.4) is 0 Å². The Balaban J connectivity index is 1.71. The number of hydrogen-bond donors (Lipinski definition) is 2. The van der Waals surface area contributed by atoms with Crippen molar-refractivity contribution in [3.05, 3.63) is 78.0 Å². The number of aromatic nitrogens is 3. The SMILES string of the molecule is Cc1c(CC(=O)O)c2cc(F)ccc2n1S(=O)c1ccc(Nc2ncccn2)cc1. The molecule has 0 amide bonds. The normalized spacial score (nSPS) is 12.1.